The van der Waals surface area contributed by atoms with E-state index in [2.05, 4.69) is 9.97 Å². The highest BCUT2D eigenvalue weighted by Crippen LogP contribution is 2.37. The van der Waals surface area contributed by atoms with E-state index in [0.29, 0.717) is 16.7 Å². The first-order chi connectivity index (χ1) is 11.8. The fourth-order valence-corrected chi connectivity index (χ4v) is 2.64. The second-order valence-electron chi connectivity index (χ2n) is 4.98. The standard InChI is InChI=1S/C17H9F5N2S/c18-12-5-1-10(2-6-12)14-9-23-16(25-17(20,21)22)24-15(14)11-3-7-13(19)8-4-11/h1-9H. The van der Waals surface area contributed by atoms with Crippen molar-refractivity contribution in [3.63, 3.8) is 0 Å². The van der Waals surface area contributed by atoms with Crippen LogP contribution in [-0.2, 0) is 0 Å². The van der Waals surface area contributed by atoms with Crippen molar-refractivity contribution in [3.8, 4) is 22.4 Å². The van der Waals surface area contributed by atoms with Gasteiger partial charge in [-0.25, -0.2) is 18.7 Å². The number of alkyl halides is 3. The van der Waals surface area contributed by atoms with Crippen LogP contribution in [0.1, 0.15) is 0 Å². The molecule has 0 fully saturated rings. The number of hydrogen-bond acceptors (Lipinski definition) is 3. The molecule has 0 aliphatic carbocycles. The second-order valence-corrected chi connectivity index (χ2v) is 6.01. The lowest BCUT2D eigenvalue weighted by molar-refractivity contribution is -0.0330. The molecular weight excluding hydrogens is 359 g/mol. The molecule has 0 N–H and O–H groups in total. The van der Waals surface area contributed by atoms with Gasteiger partial charge in [-0.1, -0.05) is 12.1 Å². The molecule has 0 radical (unpaired) electrons. The molecule has 128 valence electrons. The van der Waals surface area contributed by atoms with Crippen molar-refractivity contribution in [2.24, 2.45) is 0 Å². The summed E-state index contributed by atoms with van der Waals surface area (Å²) in [7, 11) is 0. The summed E-state index contributed by atoms with van der Waals surface area (Å²) in [5.74, 6) is -0.928. The summed E-state index contributed by atoms with van der Waals surface area (Å²) in [6.07, 6.45) is 1.24. The predicted molar refractivity (Wildman–Crippen MR) is 84.7 cm³/mol. The van der Waals surface area contributed by atoms with Gasteiger partial charge < -0.3 is 0 Å². The molecule has 3 aromatic rings. The molecule has 0 spiro atoms. The van der Waals surface area contributed by atoms with Crippen LogP contribution in [0.5, 0.6) is 0 Å². The van der Waals surface area contributed by atoms with Crippen molar-refractivity contribution in [1.29, 1.82) is 0 Å². The van der Waals surface area contributed by atoms with Gasteiger partial charge in [0.2, 0.25) is 0 Å². The van der Waals surface area contributed by atoms with Crippen LogP contribution in [0.2, 0.25) is 0 Å². The maximum absolute atomic E-state index is 13.1. The van der Waals surface area contributed by atoms with E-state index in [4.69, 9.17) is 0 Å². The van der Waals surface area contributed by atoms with Gasteiger partial charge in [0.15, 0.2) is 5.16 Å². The molecule has 0 bridgehead atoms. The average molecular weight is 368 g/mol. The first kappa shape index (κ1) is 17.3. The fraction of sp³-hybridized carbons (Fsp3) is 0.0588. The minimum Gasteiger partial charge on any atom is -0.230 e. The molecule has 0 unspecified atom stereocenters. The van der Waals surface area contributed by atoms with Gasteiger partial charge in [0.1, 0.15) is 11.6 Å². The summed E-state index contributed by atoms with van der Waals surface area (Å²) < 4.78 is 64.0. The molecule has 25 heavy (non-hydrogen) atoms. The zero-order valence-corrected chi connectivity index (χ0v) is 13.2. The highest BCUT2D eigenvalue weighted by molar-refractivity contribution is 8.00. The predicted octanol–water partition coefficient (Wildman–Crippen LogP) is 5.70. The molecule has 3 rings (SSSR count). The Bertz CT molecular complexity index is 877. The van der Waals surface area contributed by atoms with Gasteiger partial charge >= 0.3 is 5.51 Å². The number of aromatic nitrogens is 2. The lowest BCUT2D eigenvalue weighted by atomic mass is 10.0. The minimum absolute atomic E-state index is 0.202. The Morgan fingerprint density at radius 1 is 0.760 bits per heavy atom. The number of hydrogen-bond donors (Lipinski definition) is 0. The smallest absolute Gasteiger partial charge is 0.230 e. The van der Waals surface area contributed by atoms with Crippen LogP contribution >= 0.6 is 11.8 Å². The third-order valence-corrected chi connectivity index (χ3v) is 3.86. The first-order valence-electron chi connectivity index (χ1n) is 6.96. The van der Waals surface area contributed by atoms with E-state index in [0.717, 1.165) is 0 Å². The van der Waals surface area contributed by atoms with E-state index >= 15 is 0 Å². The van der Waals surface area contributed by atoms with Crippen molar-refractivity contribution in [1.82, 2.24) is 9.97 Å². The lowest BCUT2D eigenvalue weighted by Crippen LogP contribution is -2.03. The molecule has 0 saturated carbocycles. The average Bonchev–Trinajstić information content (AvgIpc) is 2.55. The third-order valence-electron chi connectivity index (χ3n) is 3.25. The molecular formula is C17H9F5N2S. The van der Waals surface area contributed by atoms with Gasteiger partial charge in [-0.2, -0.15) is 13.2 Å². The first-order valence-corrected chi connectivity index (χ1v) is 7.78. The van der Waals surface area contributed by atoms with Crippen molar-refractivity contribution >= 4 is 11.8 Å². The summed E-state index contributed by atoms with van der Waals surface area (Å²) in [5, 5.41) is -0.474. The fourth-order valence-electron chi connectivity index (χ4n) is 2.19. The SMILES string of the molecule is Fc1ccc(-c2cnc(SC(F)(F)F)nc2-c2ccc(F)cc2)cc1. The van der Waals surface area contributed by atoms with Gasteiger partial charge in [0.05, 0.1) is 5.69 Å². The molecule has 2 aromatic carbocycles. The largest absolute Gasteiger partial charge is 0.449 e. The number of halogens is 5. The second kappa shape index (κ2) is 6.79. The van der Waals surface area contributed by atoms with Gasteiger partial charge in [-0.05, 0) is 42.0 Å². The van der Waals surface area contributed by atoms with Gasteiger partial charge in [0.25, 0.3) is 0 Å². The summed E-state index contributed by atoms with van der Waals surface area (Å²) in [5.41, 5.74) is -2.96. The number of rotatable bonds is 3. The highest BCUT2D eigenvalue weighted by atomic mass is 32.2. The third kappa shape index (κ3) is 4.33. The number of thioether (sulfide) groups is 1. The molecule has 0 aliphatic heterocycles. The van der Waals surface area contributed by atoms with Crippen LogP contribution < -0.4 is 0 Å². The van der Waals surface area contributed by atoms with Gasteiger partial charge in [-0.15, -0.1) is 0 Å². The molecule has 8 heteroatoms. The maximum atomic E-state index is 13.1. The highest BCUT2D eigenvalue weighted by Gasteiger charge is 2.31. The van der Waals surface area contributed by atoms with Gasteiger partial charge in [0, 0.05) is 29.1 Å². The Labute approximate surface area is 143 Å². The summed E-state index contributed by atoms with van der Waals surface area (Å²) in [4.78, 5) is 7.70. The van der Waals surface area contributed by atoms with Crippen molar-refractivity contribution in [2.75, 3.05) is 0 Å². The minimum atomic E-state index is -4.53. The lowest BCUT2D eigenvalue weighted by Gasteiger charge is -2.11. The van der Waals surface area contributed by atoms with E-state index in [1.807, 2.05) is 0 Å². The topological polar surface area (TPSA) is 25.8 Å². The normalized spacial score (nSPS) is 11.6. The van der Waals surface area contributed by atoms with Crippen LogP contribution in [0.25, 0.3) is 22.4 Å². The van der Waals surface area contributed by atoms with Crippen LogP contribution in [0.4, 0.5) is 22.0 Å². The summed E-state index contributed by atoms with van der Waals surface area (Å²) >= 11 is -0.437. The summed E-state index contributed by atoms with van der Waals surface area (Å²) in [6.45, 7) is 0. The van der Waals surface area contributed by atoms with E-state index < -0.39 is 34.1 Å². The Balaban J connectivity index is 2.13. The quantitative estimate of drug-likeness (QED) is 0.337. The van der Waals surface area contributed by atoms with Gasteiger partial charge in [-0.3, -0.25) is 0 Å². The van der Waals surface area contributed by atoms with Crippen molar-refractivity contribution in [3.05, 3.63) is 66.4 Å². The van der Waals surface area contributed by atoms with E-state index in [1.54, 1.807) is 0 Å². The number of nitrogens with zero attached hydrogens (tertiary/aromatic N) is 2. The van der Waals surface area contributed by atoms with Crippen LogP contribution in [0.3, 0.4) is 0 Å². The number of benzene rings is 2. The Kier molecular flexibility index (Phi) is 4.71. The Morgan fingerprint density at radius 2 is 1.28 bits per heavy atom. The molecule has 0 saturated heterocycles. The summed E-state index contributed by atoms with van der Waals surface area (Å²) in [6, 6.07) is 10.6. The molecule has 0 aliphatic rings. The van der Waals surface area contributed by atoms with Crippen molar-refractivity contribution in [2.45, 2.75) is 10.7 Å². The zero-order chi connectivity index (χ0) is 18.0. The molecule has 1 aromatic heterocycles. The van der Waals surface area contributed by atoms with Crippen molar-refractivity contribution < 1.29 is 22.0 Å². The molecule has 2 nitrogen and oxygen atoms in total. The Morgan fingerprint density at radius 3 is 1.80 bits per heavy atom. The van der Waals surface area contributed by atoms with E-state index in [1.165, 1.54) is 54.7 Å². The van der Waals surface area contributed by atoms with Crippen LogP contribution in [-0.4, -0.2) is 15.5 Å². The molecule has 0 amide bonds. The Hall–Kier alpha value is -2.48. The van der Waals surface area contributed by atoms with Crippen LogP contribution in [0, 0.1) is 11.6 Å². The molecule has 1 heterocycles. The van der Waals surface area contributed by atoms with E-state index in [-0.39, 0.29) is 5.69 Å². The molecule has 0 atom stereocenters. The monoisotopic (exact) mass is 368 g/mol. The zero-order valence-electron chi connectivity index (χ0n) is 12.4. The van der Waals surface area contributed by atoms with E-state index in [9.17, 15) is 22.0 Å². The maximum Gasteiger partial charge on any atom is 0.449 e. The van der Waals surface area contributed by atoms with Crippen LogP contribution in [0.15, 0.2) is 59.9 Å².